The van der Waals surface area contributed by atoms with Crippen molar-refractivity contribution < 1.29 is 9.59 Å². The number of hydrogen-bond acceptors (Lipinski definition) is 3. The molecule has 1 aromatic rings. The molecule has 1 aliphatic heterocycles. The molecule has 1 saturated heterocycles. The van der Waals surface area contributed by atoms with Gasteiger partial charge in [0, 0.05) is 6.42 Å². The average molecular weight is 270 g/mol. The lowest BCUT2D eigenvalue weighted by Gasteiger charge is -2.25. The minimum atomic E-state index is -0.846. The molecule has 0 spiro atoms. The molecule has 0 aliphatic carbocycles. The highest BCUT2D eigenvalue weighted by Gasteiger charge is 2.51. The van der Waals surface area contributed by atoms with Gasteiger partial charge in [0.05, 0.1) is 11.5 Å². The van der Waals surface area contributed by atoms with E-state index in [4.69, 9.17) is 0 Å². The summed E-state index contributed by atoms with van der Waals surface area (Å²) in [5, 5.41) is 9.20. The van der Waals surface area contributed by atoms with Crippen LogP contribution in [-0.4, -0.2) is 22.8 Å². The second-order valence-corrected chi connectivity index (χ2v) is 5.38. The van der Waals surface area contributed by atoms with Crippen molar-refractivity contribution in [2.45, 2.75) is 44.6 Å². The average Bonchev–Trinajstić information content (AvgIpc) is 2.69. The van der Waals surface area contributed by atoms with Crippen molar-refractivity contribution >= 4 is 11.8 Å². The maximum atomic E-state index is 12.7. The van der Waals surface area contributed by atoms with E-state index in [1.54, 1.807) is 6.92 Å². The number of hydrogen-bond donors (Lipinski definition) is 0. The molecule has 2 atom stereocenters. The molecule has 2 amide bonds. The number of amides is 2. The monoisotopic (exact) mass is 270 g/mol. The molecule has 4 heteroatoms. The highest BCUT2D eigenvalue weighted by atomic mass is 16.2. The van der Waals surface area contributed by atoms with Gasteiger partial charge < -0.3 is 0 Å². The fourth-order valence-corrected chi connectivity index (χ4v) is 2.71. The van der Waals surface area contributed by atoms with Crippen LogP contribution in [0.5, 0.6) is 0 Å². The van der Waals surface area contributed by atoms with E-state index in [1.807, 2.05) is 37.3 Å². The summed E-state index contributed by atoms with van der Waals surface area (Å²) in [6.07, 6.45) is 1.42. The van der Waals surface area contributed by atoms with Crippen molar-refractivity contribution in [2.75, 3.05) is 0 Å². The first-order chi connectivity index (χ1) is 9.54. The van der Waals surface area contributed by atoms with Gasteiger partial charge in [0.25, 0.3) is 0 Å². The molecule has 0 bridgehead atoms. The van der Waals surface area contributed by atoms with Crippen LogP contribution >= 0.6 is 0 Å². The minimum absolute atomic E-state index is 0.137. The van der Waals surface area contributed by atoms with Crippen molar-refractivity contribution in [3.8, 4) is 6.07 Å². The smallest absolute Gasteiger partial charge is 0.241 e. The number of nitriles is 1. The molecule has 2 rings (SSSR count). The van der Waals surface area contributed by atoms with Gasteiger partial charge in [0.15, 0.2) is 0 Å². The largest absolute Gasteiger partial charge is 0.274 e. The molecule has 0 aromatic heterocycles. The van der Waals surface area contributed by atoms with Gasteiger partial charge in [0.1, 0.15) is 6.04 Å². The fraction of sp³-hybridized carbons (Fsp3) is 0.438. The zero-order valence-corrected chi connectivity index (χ0v) is 11.8. The molecule has 2 unspecified atom stereocenters. The molecule has 0 N–H and O–H groups in total. The highest BCUT2D eigenvalue weighted by molar-refractivity contribution is 6.09. The molecule has 104 valence electrons. The van der Waals surface area contributed by atoms with Gasteiger partial charge >= 0.3 is 0 Å². The summed E-state index contributed by atoms with van der Waals surface area (Å²) in [6.45, 7) is 3.72. The van der Waals surface area contributed by atoms with E-state index in [1.165, 1.54) is 0 Å². The van der Waals surface area contributed by atoms with Gasteiger partial charge in [-0.05, 0) is 18.9 Å². The van der Waals surface area contributed by atoms with Crippen LogP contribution in [0.15, 0.2) is 30.3 Å². The van der Waals surface area contributed by atoms with E-state index in [0.29, 0.717) is 6.42 Å². The van der Waals surface area contributed by atoms with Gasteiger partial charge in [-0.2, -0.15) is 5.26 Å². The predicted octanol–water partition coefficient (Wildman–Crippen LogP) is 2.40. The fourth-order valence-electron chi connectivity index (χ4n) is 2.71. The number of imide groups is 1. The molecule has 4 nitrogen and oxygen atoms in total. The van der Waals surface area contributed by atoms with Gasteiger partial charge in [-0.1, -0.05) is 43.7 Å². The maximum Gasteiger partial charge on any atom is 0.241 e. The van der Waals surface area contributed by atoms with Crippen molar-refractivity contribution in [1.29, 1.82) is 5.26 Å². The molecule has 1 aromatic carbocycles. The lowest BCUT2D eigenvalue weighted by atomic mass is 9.81. The summed E-state index contributed by atoms with van der Waals surface area (Å²) >= 11 is 0. The van der Waals surface area contributed by atoms with Crippen LogP contribution in [0.1, 0.15) is 38.7 Å². The summed E-state index contributed by atoms with van der Waals surface area (Å²) in [7, 11) is 0. The Kier molecular flexibility index (Phi) is 3.89. The van der Waals surface area contributed by atoms with Crippen LogP contribution in [0.25, 0.3) is 0 Å². The summed E-state index contributed by atoms with van der Waals surface area (Å²) < 4.78 is 0. The Bertz CT molecular complexity index is 562. The molecule has 0 saturated carbocycles. The van der Waals surface area contributed by atoms with Gasteiger partial charge in [-0.15, -0.1) is 0 Å². The number of nitrogens with zero attached hydrogens (tertiary/aromatic N) is 2. The molecule has 20 heavy (non-hydrogen) atoms. The Morgan fingerprint density at radius 3 is 2.55 bits per heavy atom. The molecule has 1 heterocycles. The van der Waals surface area contributed by atoms with E-state index in [-0.39, 0.29) is 18.2 Å². The third kappa shape index (κ3) is 2.20. The molecular formula is C16H18N2O2. The van der Waals surface area contributed by atoms with Crippen LogP contribution in [-0.2, 0) is 15.0 Å². The Balaban J connectivity index is 2.36. The maximum absolute atomic E-state index is 12.7. The number of carbonyl (C=O) groups is 2. The first kappa shape index (κ1) is 14.3. The second-order valence-electron chi connectivity index (χ2n) is 5.38. The van der Waals surface area contributed by atoms with E-state index < -0.39 is 11.5 Å². The minimum Gasteiger partial charge on any atom is -0.274 e. The lowest BCUT2D eigenvalue weighted by Crippen LogP contribution is -2.42. The topological polar surface area (TPSA) is 61.2 Å². The molecular weight excluding hydrogens is 252 g/mol. The van der Waals surface area contributed by atoms with E-state index in [9.17, 15) is 14.9 Å². The summed E-state index contributed by atoms with van der Waals surface area (Å²) in [6, 6.07) is 10.7. The van der Waals surface area contributed by atoms with Crippen LogP contribution in [0.3, 0.4) is 0 Å². The quantitative estimate of drug-likeness (QED) is 0.789. The number of rotatable bonds is 4. The van der Waals surface area contributed by atoms with Crippen molar-refractivity contribution in [2.24, 2.45) is 0 Å². The number of likely N-dealkylation sites (tertiary alicyclic amines) is 1. The first-order valence-electron chi connectivity index (χ1n) is 6.86. The SMILES string of the molecule is CCCC(C#N)N1C(=O)CC(C)(c2ccccc2)C1=O. The lowest BCUT2D eigenvalue weighted by molar-refractivity contribution is -0.141. The number of benzene rings is 1. The van der Waals surface area contributed by atoms with E-state index in [2.05, 4.69) is 6.07 Å². The zero-order valence-electron chi connectivity index (χ0n) is 11.8. The first-order valence-corrected chi connectivity index (χ1v) is 6.86. The van der Waals surface area contributed by atoms with Crippen molar-refractivity contribution in [3.05, 3.63) is 35.9 Å². The third-order valence-electron chi connectivity index (χ3n) is 3.90. The summed E-state index contributed by atoms with van der Waals surface area (Å²) in [4.78, 5) is 26.0. The Morgan fingerprint density at radius 1 is 1.35 bits per heavy atom. The summed E-state index contributed by atoms with van der Waals surface area (Å²) in [5.41, 5.74) is -0.0182. The van der Waals surface area contributed by atoms with Crippen LogP contribution in [0, 0.1) is 11.3 Å². The van der Waals surface area contributed by atoms with Gasteiger partial charge in [0.2, 0.25) is 11.8 Å². The van der Waals surface area contributed by atoms with Gasteiger partial charge in [-0.3, -0.25) is 14.5 Å². The third-order valence-corrected chi connectivity index (χ3v) is 3.90. The standard InChI is InChI=1S/C16H18N2O2/c1-3-7-13(11-17)18-14(19)10-16(2,15(18)20)12-8-5-4-6-9-12/h4-6,8-9,13H,3,7,10H2,1-2H3. The zero-order chi connectivity index (χ0) is 14.8. The van der Waals surface area contributed by atoms with Gasteiger partial charge in [-0.25, -0.2) is 0 Å². The highest BCUT2D eigenvalue weighted by Crippen LogP contribution is 2.37. The van der Waals surface area contributed by atoms with Crippen LogP contribution in [0.2, 0.25) is 0 Å². The predicted molar refractivity (Wildman–Crippen MR) is 74.6 cm³/mol. The molecule has 1 aliphatic rings. The van der Waals surface area contributed by atoms with E-state index >= 15 is 0 Å². The van der Waals surface area contributed by atoms with Crippen molar-refractivity contribution in [1.82, 2.24) is 4.90 Å². The normalized spacial score (nSPS) is 23.8. The van der Waals surface area contributed by atoms with Crippen LogP contribution in [0.4, 0.5) is 0 Å². The molecule has 0 radical (unpaired) electrons. The Hall–Kier alpha value is -2.15. The second kappa shape index (κ2) is 5.46. The Labute approximate surface area is 119 Å². The van der Waals surface area contributed by atoms with E-state index in [0.717, 1.165) is 16.9 Å². The Morgan fingerprint density at radius 2 is 2.00 bits per heavy atom. The summed E-state index contributed by atoms with van der Waals surface area (Å²) in [5.74, 6) is -0.505. The van der Waals surface area contributed by atoms with Crippen LogP contribution < -0.4 is 0 Å². The number of carbonyl (C=O) groups excluding carboxylic acids is 2. The molecule has 1 fully saturated rings. The van der Waals surface area contributed by atoms with Crippen molar-refractivity contribution in [3.63, 3.8) is 0 Å².